The highest BCUT2D eigenvalue weighted by molar-refractivity contribution is 7.99. The predicted molar refractivity (Wildman–Crippen MR) is 116 cm³/mol. The van der Waals surface area contributed by atoms with Crippen LogP contribution in [-0.4, -0.2) is 27.9 Å². The van der Waals surface area contributed by atoms with E-state index in [4.69, 9.17) is 0 Å². The molecular formula is C22H26N4OS. The summed E-state index contributed by atoms with van der Waals surface area (Å²) in [6.45, 7) is 5.62. The first-order valence-corrected chi connectivity index (χ1v) is 10.4. The minimum absolute atomic E-state index is 0.184. The molecule has 0 aliphatic heterocycles. The van der Waals surface area contributed by atoms with Crippen LogP contribution in [-0.2, 0) is 6.54 Å². The van der Waals surface area contributed by atoms with Crippen molar-refractivity contribution in [2.75, 3.05) is 17.6 Å². The van der Waals surface area contributed by atoms with Gasteiger partial charge < -0.3 is 15.2 Å². The Morgan fingerprint density at radius 1 is 1.14 bits per heavy atom. The van der Waals surface area contributed by atoms with Crippen molar-refractivity contribution in [3.8, 4) is 0 Å². The van der Waals surface area contributed by atoms with Gasteiger partial charge >= 0.3 is 6.03 Å². The Hall–Kier alpha value is -2.73. The van der Waals surface area contributed by atoms with Gasteiger partial charge in [0.25, 0.3) is 0 Å². The van der Waals surface area contributed by atoms with Crippen LogP contribution in [0.4, 0.5) is 10.5 Å². The second-order valence-electron chi connectivity index (χ2n) is 6.81. The maximum atomic E-state index is 12.1. The Kier molecular flexibility index (Phi) is 7.14. The number of imidazole rings is 1. The van der Waals surface area contributed by atoms with Crippen molar-refractivity contribution in [1.82, 2.24) is 14.9 Å². The normalized spacial score (nSPS) is 10.8. The molecule has 2 aromatic carbocycles. The van der Waals surface area contributed by atoms with Crippen LogP contribution < -0.4 is 10.6 Å². The third-order valence-electron chi connectivity index (χ3n) is 4.20. The second-order valence-corrected chi connectivity index (χ2v) is 7.98. The van der Waals surface area contributed by atoms with E-state index in [9.17, 15) is 4.79 Å². The Morgan fingerprint density at radius 3 is 2.75 bits per heavy atom. The zero-order valence-electron chi connectivity index (χ0n) is 16.3. The minimum atomic E-state index is -0.184. The van der Waals surface area contributed by atoms with E-state index in [-0.39, 0.29) is 6.03 Å². The molecule has 1 heterocycles. The van der Waals surface area contributed by atoms with Gasteiger partial charge in [-0.05, 0) is 29.8 Å². The molecule has 146 valence electrons. The molecule has 1 aromatic heterocycles. The molecule has 0 atom stereocenters. The molecule has 0 radical (unpaired) electrons. The zero-order chi connectivity index (χ0) is 19.8. The van der Waals surface area contributed by atoms with Crippen LogP contribution in [0.1, 0.15) is 31.2 Å². The fourth-order valence-corrected chi connectivity index (χ4v) is 3.71. The smallest absolute Gasteiger partial charge is 0.319 e. The fraction of sp³-hybridized carbons (Fsp3) is 0.273. The number of carbonyl (C=O) groups is 1. The molecular weight excluding hydrogens is 368 g/mol. The molecule has 6 heteroatoms. The number of aromatic nitrogens is 2. The maximum Gasteiger partial charge on any atom is 0.319 e. The maximum absolute atomic E-state index is 12.1. The van der Waals surface area contributed by atoms with Gasteiger partial charge in [0, 0.05) is 47.7 Å². The lowest BCUT2D eigenvalue weighted by Crippen LogP contribution is -2.30. The lowest BCUT2D eigenvalue weighted by Gasteiger charge is -2.12. The summed E-state index contributed by atoms with van der Waals surface area (Å²) < 4.78 is 2.14. The lowest BCUT2D eigenvalue weighted by atomic mass is 10.1. The average Bonchev–Trinajstić information content (AvgIpc) is 3.15. The third-order valence-corrected chi connectivity index (χ3v) is 5.22. The van der Waals surface area contributed by atoms with E-state index in [2.05, 4.69) is 52.2 Å². The van der Waals surface area contributed by atoms with Gasteiger partial charge in [-0.1, -0.05) is 44.2 Å². The van der Waals surface area contributed by atoms with Crippen molar-refractivity contribution < 1.29 is 4.79 Å². The summed E-state index contributed by atoms with van der Waals surface area (Å²) in [5, 5.41) is 5.82. The summed E-state index contributed by atoms with van der Waals surface area (Å²) in [6, 6.07) is 17.9. The number of thioether (sulfide) groups is 1. The van der Waals surface area contributed by atoms with Gasteiger partial charge in [0.05, 0.1) is 0 Å². The largest absolute Gasteiger partial charge is 0.337 e. The predicted octanol–water partition coefficient (Wildman–Crippen LogP) is 4.97. The van der Waals surface area contributed by atoms with Gasteiger partial charge in [0.15, 0.2) is 0 Å². The molecule has 0 aliphatic rings. The number of hydrogen-bond acceptors (Lipinski definition) is 3. The number of anilines is 1. The molecule has 0 bridgehead atoms. The topological polar surface area (TPSA) is 59.0 Å². The monoisotopic (exact) mass is 394 g/mol. The van der Waals surface area contributed by atoms with Crippen molar-refractivity contribution in [3.05, 3.63) is 78.4 Å². The Labute approximate surface area is 170 Å². The summed E-state index contributed by atoms with van der Waals surface area (Å²) in [7, 11) is 0. The molecule has 0 saturated carbocycles. The Balaban J connectivity index is 1.48. The van der Waals surface area contributed by atoms with E-state index < -0.39 is 0 Å². The molecule has 0 spiro atoms. The van der Waals surface area contributed by atoms with Gasteiger partial charge in [-0.2, -0.15) is 0 Å². The van der Waals surface area contributed by atoms with E-state index in [0.717, 1.165) is 29.4 Å². The van der Waals surface area contributed by atoms with Gasteiger partial charge in [0.1, 0.15) is 5.82 Å². The average molecular weight is 395 g/mol. The molecule has 0 fully saturated rings. The van der Waals surface area contributed by atoms with Crippen molar-refractivity contribution in [2.45, 2.75) is 31.2 Å². The first kappa shape index (κ1) is 20.0. The first-order chi connectivity index (χ1) is 13.6. The molecule has 3 aromatic rings. The molecule has 0 saturated heterocycles. The molecule has 0 unspecified atom stereocenters. The van der Waals surface area contributed by atoms with Crippen LogP contribution in [0, 0.1) is 0 Å². The van der Waals surface area contributed by atoms with Crippen LogP contribution in [0.5, 0.6) is 0 Å². The van der Waals surface area contributed by atoms with Crippen molar-refractivity contribution in [3.63, 3.8) is 0 Å². The number of nitrogens with zero attached hydrogens (tertiary/aromatic N) is 2. The summed E-state index contributed by atoms with van der Waals surface area (Å²) in [5.41, 5.74) is 1.91. The molecule has 5 nitrogen and oxygen atoms in total. The Morgan fingerprint density at radius 2 is 1.96 bits per heavy atom. The minimum Gasteiger partial charge on any atom is -0.337 e. The van der Waals surface area contributed by atoms with Crippen LogP contribution in [0.15, 0.2) is 71.9 Å². The standard InChI is InChI=1S/C22H26N4OS/c1-17(2)21-23-11-13-26(21)16-18-7-6-8-19(15-18)25-22(27)24-12-14-28-20-9-4-3-5-10-20/h3-11,13,15,17H,12,14,16H2,1-2H3,(H2,24,25,27). The molecule has 0 aliphatic carbocycles. The number of rotatable bonds is 8. The highest BCUT2D eigenvalue weighted by atomic mass is 32.2. The number of urea groups is 1. The van der Waals surface area contributed by atoms with Crippen molar-refractivity contribution >= 4 is 23.5 Å². The van der Waals surface area contributed by atoms with E-state index >= 15 is 0 Å². The molecule has 2 amide bonds. The van der Waals surface area contributed by atoms with Crippen LogP contribution in [0.3, 0.4) is 0 Å². The van der Waals surface area contributed by atoms with Gasteiger partial charge in [0.2, 0.25) is 0 Å². The summed E-state index contributed by atoms with van der Waals surface area (Å²) in [5.74, 6) is 2.26. The fourth-order valence-electron chi connectivity index (χ4n) is 2.92. The van der Waals surface area contributed by atoms with E-state index in [1.807, 2.05) is 48.8 Å². The highest BCUT2D eigenvalue weighted by Crippen LogP contribution is 2.17. The third kappa shape index (κ3) is 5.89. The summed E-state index contributed by atoms with van der Waals surface area (Å²) in [4.78, 5) is 17.8. The number of carbonyl (C=O) groups excluding carboxylic acids is 1. The summed E-state index contributed by atoms with van der Waals surface area (Å²) in [6.07, 6.45) is 3.82. The quantitative estimate of drug-likeness (QED) is 0.419. The van der Waals surface area contributed by atoms with Gasteiger partial charge in [-0.15, -0.1) is 11.8 Å². The van der Waals surface area contributed by atoms with Gasteiger partial charge in [-0.3, -0.25) is 0 Å². The Bertz CT molecular complexity index is 892. The molecule has 28 heavy (non-hydrogen) atoms. The molecule has 3 rings (SSSR count). The van der Waals surface area contributed by atoms with Gasteiger partial charge in [-0.25, -0.2) is 9.78 Å². The van der Waals surface area contributed by atoms with Crippen LogP contribution in [0.2, 0.25) is 0 Å². The zero-order valence-corrected chi connectivity index (χ0v) is 17.1. The number of hydrogen-bond donors (Lipinski definition) is 2. The molecule has 2 N–H and O–H groups in total. The highest BCUT2D eigenvalue weighted by Gasteiger charge is 2.08. The number of nitrogens with one attached hydrogen (secondary N) is 2. The summed E-state index contributed by atoms with van der Waals surface area (Å²) >= 11 is 1.73. The van der Waals surface area contributed by atoms with Crippen LogP contribution in [0.25, 0.3) is 0 Å². The van der Waals surface area contributed by atoms with E-state index in [1.165, 1.54) is 4.90 Å². The number of amides is 2. The van der Waals surface area contributed by atoms with Crippen molar-refractivity contribution in [2.24, 2.45) is 0 Å². The van der Waals surface area contributed by atoms with E-state index in [1.54, 1.807) is 11.8 Å². The SMILES string of the molecule is CC(C)c1nccn1Cc1cccc(NC(=O)NCCSc2ccccc2)c1. The van der Waals surface area contributed by atoms with Crippen LogP contribution >= 0.6 is 11.8 Å². The number of benzene rings is 2. The lowest BCUT2D eigenvalue weighted by molar-refractivity contribution is 0.252. The first-order valence-electron chi connectivity index (χ1n) is 9.44. The van der Waals surface area contributed by atoms with E-state index in [0.29, 0.717) is 12.5 Å². The second kappa shape index (κ2) is 9.99. The van der Waals surface area contributed by atoms with Crippen molar-refractivity contribution in [1.29, 1.82) is 0 Å².